The summed E-state index contributed by atoms with van der Waals surface area (Å²) in [6, 6.07) is 0.577. The van der Waals surface area contributed by atoms with Crippen molar-refractivity contribution in [1.29, 1.82) is 0 Å². The Kier molecular flexibility index (Phi) is 24.2. The average Bonchev–Trinajstić information content (AvgIpc) is 2.95. The number of amides is 2. The van der Waals surface area contributed by atoms with Gasteiger partial charge in [-0.2, -0.15) is 0 Å². The number of esters is 1. The van der Waals surface area contributed by atoms with Crippen LogP contribution in [0, 0.1) is 0 Å². The van der Waals surface area contributed by atoms with Gasteiger partial charge in [0.25, 0.3) is 0 Å². The van der Waals surface area contributed by atoms with E-state index in [1.165, 1.54) is 0 Å². The van der Waals surface area contributed by atoms with Crippen LogP contribution in [0.5, 0.6) is 0 Å². The van der Waals surface area contributed by atoms with Gasteiger partial charge in [0, 0.05) is 46.0 Å². The van der Waals surface area contributed by atoms with E-state index >= 15 is 0 Å². The maximum absolute atomic E-state index is 11.7. The van der Waals surface area contributed by atoms with Crippen molar-refractivity contribution in [3.05, 3.63) is 12.2 Å². The molecule has 0 fully saturated rings. The Morgan fingerprint density at radius 1 is 0.600 bits per heavy atom. The highest BCUT2D eigenvalue weighted by Gasteiger charge is 2.36. The first-order valence-corrected chi connectivity index (χ1v) is 14.8. The fraction of sp³-hybridized carbons (Fsp3) is 0.792. The van der Waals surface area contributed by atoms with Crippen molar-refractivity contribution in [2.24, 2.45) is 0 Å². The number of carbonyl (C=O) groups excluding carboxylic acids is 3. The first kappa shape index (κ1) is 37.7. The number of rotatable bonds is 26. The molecule has 0 saturated carbocycles. The molecule has 15 nitrogen and oxygen atoms in total. The van der Waals surface area contributed by atoms with E-state index in [0.717, 1.165) is 0 Å². The van der Waals surface area contributed by atoms with Gasteiger partial charge in [0.05, 0.1) is 52.9 Å². The fourth-order valence-electron chi connectivity index (χ4n) is 2.73. The van der Waals surface area contributed by atoms with Gasteiger partial charge in [0.2, 0.25) is 0 Å². The maximum atomic E-state index is 11.7. The normalized spacial score (nSPS) is 11.1. The van der Waals surface area contributed by atoms with Crippen LogP contribution < -0.4 is 10.6 Å². The van der Waals surface area contributed by atoms with Crippen LogP contribution in [0.2, 0.25) is 6.04 Å². The average molecular weight is 599 g/mol. The second kappa shape index (κ2) is 25.6. The minimum Gasteiger partial charge on any atom is -0.460 e. The van der Waals surface area contributed by atoms with E-state index in [9.17, 15) is 14.4 Å². The minimum atomic E-state index is -2.63. The summed E-state index contributed by atoms with van der Waals surface area (Å²) in [6.07, 6.45) is -0.477. The molecule has 0 heterocycles. The third kappa shape index (κ3) is 21.5. The second-order valence-corrected chi connectivity index (χ2v) is 11.0. The molecule has 0 rings (SSSR count). The van der Waals surface area contributed by atoms with E-state index in [1.807, 2.05) is 0 Å². The topological polar surface area (TPSA) is 168 Å². The van der Waals surface area contributed by atoms with Gasteiger partial charge in [-0.3, -0.25) is 0 Å². The molecule has 2 amide bonds. The van der Waals surface area contributed by atoms with Gasteiger partial charge in [-0.1, -0.05) is 6.58 Å². The van der Waals surface area contributed by atoms with E-state index in [-0.39, 0.29) is 52.8 Å². The van der Waals surface area contributed by atoms with Crippen molar-refractivity contribution in [3.8, 4) is 0 Å². The first-order valence-electron chi connectivity index (χ1n) is 12.9. The number of alkyl carbamates (subject to hydrolysis) is 2. The Labute approximate surface area is 237 Å². The van der Waals surface area contributed by atoms with E-state index in [2.05, 4.69) is 17.2 Å². The Morgan fingerprint density at radius 3 is 1.45 bits per heavy atom. The zero-order valence-electron chi connectivity index (χ0n) is 24.1. The minimum absolute atomic E-state index is 0.0935. The molecule has 234 valence electrons. The number of carbonyl (C=O) groups is 3. The lowest BCUT2D eigenvalue weighted by atomic mass is 10.4. The van der Waals surface area contributed by atoms with Gasteiger partial charge >= 0.3 is 27.0 Å². The Hall–Kier alpha value is -2.31. The number of hydrogen-bond acceptors (Lipinski definition) is 13. The first-order chi connectivity index (χ1) is 19.3. The monoisotopic (exact) mass is 598 g/mol. The van der Waals surface area contributed by atoms with Crippen LogP contribution >= 0.6 is 0 Å². The van der Waals surface area contributed by atoms with E-state index in [4.69, 9.17) is 46.4 Å². The Balaban J connectivity index is 3.39. The van der Waals surface area contributed by atoms with Crippen molar-refractivity contribution in [2.45, 2.75) is 19.4 Å². The zero-order chi connectivity index (χ0) is 29.9. The van der Waals surface area contributed by atoms with Gasteiger partial charge in [-0.05, 0) is 13.3 Å². The summed E-state index contributed by atoms with van der Waals surface area (Å²) in [5.41, 5.74) is 0.323. The number of ether oxygens (including phenoxy) is 7. The standard InChI is InChI=1S/C24H46N2O13Si/c1-21(2)22(27)37-17-14-33-9-8-26-24(29)39-19-16-36-13-11-34-10-12-35-15-18-38-23(28)25-7-6-20-40(30-3,31-4)32-5/h1,6-20H2,2-5H3,(H,25,28)(H,26,29). The highest BCUT2D eigenvalue weighted by atomic mass is 28.4. The molecular formula is C24H46N2O13Si. The molecule has 40 heavy (non-hydrogen) atoms. The molecule has 0 aliphatic rings. The second-order valence-electron chi connectivity index (χ2n) is 7.89. The molecule has 0 spiro atoms. The van der Waals surface area contributed by atoms with E-state index < -0.39 is 27.0 Å². The van der Waals surface area contributed by atoms with Crippen molar-refractivity contribution in [1.82, 2.24) is 10.6 Å². The predicted molar refractivity (Wildman–Crippen MR) is 144 cm³/mol. The fourth-order valence-corrected chi connectivity index (χ4v) is 4.45. The van der Waals surface area contributed by atoms with Crippen LogP contribution in [0.4, 0.5) is 9.59 Å². The highest BCUT2D eigenvalue weighted by molar-refractivity contribution is 6.60. The lowest BCUT2D eigenvalue weighted by molar-refractivity contribution is -0.140. The van der Waals surface area contributed by atoms with Crippen molar-refractivity contribution < 1.29 is 60.8 Å². The summed E-state index contributed by atoms with van der Waals surface area (Å²) in [7, 11) is 1.99. The molecular weight excluding hydrogens is 552 g/mol. The lowest BCUT2D eigenvalue weighted by Gasteiger charge is -2.24. The van der Waals surface area contributed by atoms with Crippen LogP contribution in [0.3, 0.4) is 0 Å². The quantitative estimate of drug-likeness (QED) is 0.0474. The molecule has 0 aliphatic heterocycles. The third-order valence-corrected chi connectivity index (χ3v) is 7.68. The van der Waals surface area contributed by atoms with E-state index in [1.54, 1.807) is 28.3 Å². The summed E-state index contributed by atoms with van der Waals surface area (Å²) < 4.78 is 52.0. The van der Waals surface area contributed by atoms with E-state index in [0.29, 0.717) is 51.0 Å². The van der Waals surface area contributed by atoms with Crippen molar-refractivity contribution in [2.75, 3.05) is 107 Å². The molecule has 0 radical (unpaired) electrons. The maximum Gasteiger partial charge on any atom is 0.500 e. The van der Waals surface area contributed by atoms with Gasteiger partial charge in [-0.25, -0.2) is 14.4 Å². The zero-order valence-corrected chi connectivity index (χ0v) is 25.1. The van der Waals surface area contributed by atoms with Gasteiger partial charge in [0.15, 0.2) is 0 Å². The van der Waals surface area contributed by atoms with Crippen molar-refractivity contribution >= 4 is 27.0 Å². The largest absolute Gasteiger partial charge is 0.500 e. The van der Waals surface area contributed by atoms with Crippen LogP contribution in [-0.4, -0.2) is 134 Å². The third-order valence-electron chi connectivity index (χ3n) is 4.85. The van der Waals surface area contributed by atoms with Gasteiger partial charge in [-0.15, -0.1) is 0 Å². The molecule has 0 atom stereocenters. The Morgan fingerprint density at radius 2 is 1.00 bits per heavy atom. The number of hydrogen-bond donors (Lipinski definition) is 2. The van der Waals surface area contributed by atoms with Crippen LogP contribution in [-0.2, 0) is 51.2 Å². The summed E-state index contributed by atoms with van der Waals surface area (Å²) in [5, 5.41) is 5.17. The molecule has 16 heteroatoms. The summed E-state index contributed by atoms with van der Waals surface area (Å²) in [6.45, 7) is 8.36. The number of nitrogens with one attached hydrogen (secondary N) is 2. The molecule has 2 N–H and O–H groups in total. The molecule has 0 bridgehead atoms. The molecule has 0 unspecified atom stereocenters. The lowest BCUT2D eigenvalue weighted by Crippen LogP contribution is -2.43. The molecule has 0 aromatic carbocycles. The molecule has 0 aromatic rings. The Bertz CT molecular complexity index is 687. The van der Waals surface area contributed by atoms with Crippen molar-refractivity contribution in [3.63, 3.8) is 0 Å². The van der Waals surface area contributed by atoms with Crippen LogP contribution in [0.15, 0.2) is 12.2 Å². The molecule has 0 aromatic heterocycles. The SMILES string of the molecule is C=C(C)C(=O)OCCOCCNC(=O)OCCOCCOCCOCCOC(=O)NCCC[Si](OC)(OC)OC. The highest BCUT2D eigenvalue weighted by Crippen LogP contribution is 2.14. The predicted octanol–water partition coefficient (Wildman–Crippen LogP) is 0.893. The summed E-state index contributed by atoms with van der Waals surface area (Å²) in [5.74, 6) is -0.468. The van der Waals surface area contributed by atoms with Crippen LogP contribution in [0.25, 0.3) is 0 Å². The van der Waals surface area contributed by atoms with Gasteiger partial charge in [0.1, 0.15) is 19.8 Å². The summed E-state index contributed by atoms with van der Waals surface area (Å²) in [4.78, 5) is 34.4. The van der Waals surface area contributed by atoms with Crippen LogP contribution in [0.1, 0.15) is 13.3 Å². The van der Waals surface area contributed by atoms with Gasteiger partial charge < -0.3 is 57.1 Å². The smallest absolute Gasteiger partial charge is 0.460 e. The molecule has 0 aliphatic carbocycles. The molecule has 0 saturated heterocycles. The summed E-state index contributed by atoms with van der Waals surface area (Å²) >= 11 is 0.